The Bertz CT molecular complexity index is 402. The van der Waals surface area contributed by atoms with Crippen LogP contribution in [-0.2, 0) is 16.0 Å². The number of carbonyl (C=O) groups is 1. The summed E-state index contributed by atoms with van der Waals surface area (Å²) in [6.07, 6.45) is 2.37. The number of carbonyl (C=O) groups excluding carboxylic acids is 1. The molecule has 0 spiro atoms. The van der Waals surface area contributed by atoms with Crippen LogP contribution in [-0.4, -0.2) is 55.2 Å². The summed E-state index contributed by atoms with van der Waals surface area (Å²) in [5.74, 6) is 0.580. The van der Waals surface area contributed by atoms with Gasteiger partial charge in [-0.25, -0.2) is 0 Å². The molecule has 0 aliphatic carbocycles. The Kier molecular flexibility index (Phi) is 5.11. The maximum absolute atomic E-state index is 11.8. The molecular formula is C13H19N3O3. The molecule has 1 aromatic heterocycles. The van der Waals surface area contributed by atoms with Gasteiger partial charge in [0.25, 0.3) is 5.91 Å². The van der Waals surface area contributed by atoms with Crippen molar-refractivity contribution >= 4 is 5.91 Å². The highest BCUT2D eigenvalue weighted by Crippen LogP contribution is 2.09. The van der Waals surface area contributed by atoms with Crippen LogP contribution in [0.1, 0.15) is 5.69 Å². The van der Waals surface area contributed by atoms with Crippen LogP contribution in [0.4, 0.5) is 0 Å². The van der Waals surface area contributed by atoms with Gasteiger partial charge >= 0.3 is 0 Å². The lowest BCUT2D eigenvalue weighted by Crippen LogP contribution is -2.42. The molecule has 6 nitrogen and oxygen atoms in total. The number of nitrogens with two attached hydrogens (primary N) is 1. The summed E-state index contributed by atoms with van der Waals surface area (Å²) in [6, 6.07) is 3.67. The van der Waals surface area contributed by atoms with Crippen LogP contribution < -0.4 is 10.5 Å². The van der Waals surface area contributed by atoms with Gasteiger partial charge in [0.1, 0.15) is 5.75 Å². The average molecular weight is 265 g/mol. The number of amides is 1. The third-order valence-electron chi connectivity index (χ3n) is 2.92. The normalized spacial score (nSPS) is 15.3. The Morgan fingerprint density at radius 1 is 1.42 bits per heavy atom. The highest BCUT2D eigenvalue weighted by Gasteiger charge is 2.17. The van der Waals surface area contributed by atoms with Crippen molar-refractivity contribution in [2.24, 2.45) is 5.73 Å². The number of ether oxygens (including phenoxy) is 2. The third-order valence-corrected chi connectivity index (χ3v) is 2.92. The fourth-order valence-corrected chi connectivity index (χ4v) is 1.84. The predicted molar refractivity (Wildman–Crippen MR) is 69.9 cm³/mol. The molecule has 0 radical (unpaired) electrons. The second kappa shape index (κ2) is 7.06. The van der Waals surface area contributed by atoms with Gasteiger partial charge in [0, 0.05) is 25.2 Å². The summed E-state index contributed by atoms with van der Waals surface area (Å²) in [5.41, 5.74) is 6.37. The van der Waals surface area contributed by atoms with E-state index in [0.717, 1.165) is 12.1 Å². The van der Waals surface area contributed by atoms with Gasteiger partial charge in [0.15, 0.2) is 6.61 Å². The molecule has 1 saturated heterocycles. The maximum Gasteiger partial charge on any atom is 0.260 e. The zero-order valence-electron chi connectivity index (χ0n) is 10.9. The van der Waals surface area contributed by atoms with Crippen molar-refractivity contribution in [2.75, 3.05) is 39.5 Å². The SMILES string of the molecule is NCCc1ccc(OCC(=O)N2CCOCC2)cn1. The number of aromatic nitrogens is 1. The molecule has 1 aromatic rings. The summed E-state index contributed by atoms with van der Waals surface area (Å²) < 4.78 is 10.6. The number of nitrogens with zero attached hydrogens (tertiary/aromatic N) is 2. The van der Waals surface area contributed by atoms with Crippen LogP contribution in [0.3, 0.4) is 0 Å². The van der Waals surface area contributed by atoms with Crippen LogP contribution in [0.25, 0.3) is 0 Å². The third kappa shape index (κ3) is 4.18. The average Bonchev–Trinajstić information content (AvgIpc) is 2.47. The number of hydrogen-bond acceptors (Lipinski definition) is 5. The van der Waals surface area contributed by atoms with Crippen LogP contribution >= 0.6 is 0 Å². The molecule has 19 heavy (non-hydrogen) atoms. The van der Waals surface area contributed by atoms with Crippen LogP contribution in [0, 0.1) is 0 Å². The van der Waals surface area contributed by atoms with Gasteiger partial charge in [-0.15, -0.1) is 0 Å². The first-order valence-electron chi connectivity index (χ1n) is 6.43. The molecule has 1 fully saturated rings. The number of pyridine rings is 1. The Morgan fingerprint density at radius 2 is 2.21 bits per heavy atom. The summed E-state index contributed by atoms with van der Waals surface area (Å²) in [5, 5.41) is 0. The highest BCUT2D eigenvalue weighted by molar-refractivity contribution is 5.77. The minimum Gasteiger partial charge on any atom is -0.482 e. The lowest BCUT2D eigenvalue weighted by molar-refractivity contribution is -0.137. The Labute approximate surface area is 112 Å². The van der Waals surface area contributed by atoms with Crippen molar-refractivity contribution < 1.29 is 14.3 Å². The van der Waals surface area contributed by atoms with E-state index in [1.807, 2.05) is 12.1 Å². The monoisotopic (exact) mass is 265 g/mol. The van der Waals surface area contributed by atoms with E-state index in [1.165, 1.54) is 0 Å². The van der Waals surface area contributed by atoms with E-state index in [4.69, 9.17) is 15.2 Å². The molecule has 1 amide bonds. The van der Waals surface area contributed by atoms with Gasteiger partial charge in [-0.05, 0) is 18.7 Å². The number of rotatable bonds is 5. The maximum atomic E-state index is 11.8. The molecule has 1 aliphatic rings. The second-order valence-corrected chi connectivity index (χ2v) is 4.31. The minimum atomic E-state index is -0.0191. The van der Waals surface area contributed by atoms with Crippen molar-refractivity contribution in [1.82, 2.24) is 9.88 Å². The van der Waals surface area contributed by atoms with Gasteiger partial charge in [-0.3, -0.25) is 9.78 Å². The summed E-state index contributed by atoms with van der Waals surface area (Å²) in [7, 11) is 0. The molecule has 0 aromatic carbocycles. The molecule has 6 heteroatoms. The fraction of sp³-hybridized carbons (Fsp3) is 0.538. The van der Waals surface area contributed by atoms with E-state index >= 15 is 0 Å². The van der Waals surface area contributed by atoms with Crippen molar-refractivity contribution in [3.63, 3.8) is 0 Å². The zero-order valence-corrected chi connectivity index (χ0v) is 10.9. The molecule has 0 bridgehead atoms. The quantitative estimate of drug-likeness (QED) is 0.799. The van der Waals surface area contributed by atoms with Gasteiger partial charge in [-0.2, -0.15) is 0 Å². The first kappa shape index (κ1) is 13.8. The van der Waals surface area contributed by atoms with Crippen LogP contribution in [0.15, 0.2) is 18.3 Å². The molecule has 104 valence electrons. The molecule has 1 aliphatic heterocycles. The first-order chi connectivity index (χ1) is 9.29. The van der Waals surface area contributed by atoms with E-state index in [9.17, 15) is 4.79 Å². The lowest BCUT2D eigenvalue weighted by Gasteiger charge is -2.26. The smallest absolute Gasteiger partial charge is 0.260 e. The summed E-state index contributed by atoms with van der Waals surface area (Å²) in [6.45, 7) is 3.08. The van der Waals surface area contributed by atoms with Crippen LogP contribution in [0.5, 0.6) is 5.75 Å². The minimum absolute atomic E-state index is 0.0191. The summed E-state index contributed by atoms with van der Waals surface area (Å²) in [4.78, 5) is 17.8. The Hall–Kier alpha value is -1.66. The Balaban J connectivity index is 1.79. The number of hydrogen-bond donors (Lipinski definition) is 1. The van der Waals surface area contributed by atoms with E-state index in [-0.39, 0.29) is 12.5 Å². The van der Waals surface area contributed by atoms with Crippen molar-refractivity contribution in [3.05, 3.63) is 24.0 Å². The zero-order chi connectivity index (χ0) is 13.5. The van der Waals surface area contributed by atoms with Gasteiger partial charge in [-0.1, -0.05) is 0 Å². The van der Waals surface area contributed by atoms with Crippen molar-refractivity contribution in [3.8, 4) is 5.75 Å². The molecule has 2 heterocycles. The van der Waals surface area contributed by atoms with E-state index < -0.39 is 0 Å². The fourth-order valence-electron chi connectivity index (χ4n) is 1.84. The second-order valence-electron chi connectivity index (χ2n) is 4.31. The van der Waals surface area contributed by atoms with Gasteiger partial charge < -0.3 is 20.1 Å². The van der Waals surface area contributed by atoms with Gasteiger partial charge in [0.05, 0.1) is 19.4 Å². The van der Waals surface area contributed by atoms with Gasteiger partial charge in [0.2, 0.25) is 0 Å². The molecule has 2 N–H and O–H groups in total. The van der Waals surface area contributed by atoms with E-state index in [0.29, 0.717) is 38.6 Å². The predicted octanol–water partition coefficient (Wildman–Crippen LogP) is -0.180. The topological polar surface area (TPSA) is 77.7 Å². The molecule has 0 saturated carbocycles. The first-order valence-corrected chi connectivity index (χ1v) is 6.43. The lowest BCUT2D eigenvalue weighted by atomic mass is 10.3. The molecular weight excluding hydrogens is 246 g/mol. The molecule has 0 atom stereocenters. The largest absolute Gasteiger partial charge is 0.482 e. The van der Waals surface area contributed by atoms with E-state index in [2.05, 4.69) is 4.98 Å². The molecule has 0 unspecified atom stereocenters. The van der Waals surface area contributed by atoms with Crippen LogP contribution in [0.2, 0.25) is 0 Å². The van der Waals surface area contributed by atoms with E-state index in [1.54, 1.807) is 11.1 Å². The summed E-state index contributed by atoms with van der Waals surface area (Å²) >= 11 is 0. The highest BCUT2D eigenvalue weighted by atomic mass is 16.5. The Morgan fingerprint density at radius 3 is 2.84 bits per heavy atom. The van der Waals surface area contributed by atoms with Crippen molar-refractivity contribution in [2.45, 2.75) is 6.42 Å². The molecule has 2 rings (SSSR count). The standard InChI is InChI=1S/C13H19N3O3/c14-4-3-11-1-2-12(9-15-11)19-10-13(17)16-5-7-18-8-6-16/h1-2,9H,3-8,10,14H2. The number of morpholine rings is 1. The van der Waals surface area contributed by atoms with Crippen molar-refractivity contribution in [1.29, 1.82) is 0 Å².